The Bertz CT molecular complexity index is 321. The third kappa shape index (κ3) is 3.05. The van der Waals surface area contributed by atoms with Crippen molar-refractivity contribution in [1.82, 2.24) is 0 Å². The number of hydrogen-bond acceptors (Lipinski definition) is 1. The van der Waals surface area contributed by atoms with Gasteiger partial charge in [0.25, 0.3) is 0 Å². The van der Waals surface area contributed by atoms with Crippen molar-refractivity contribution < 1.29 is 22.0 Å². The average molecular weight is 290 g/mol. The van der Waals surface area contributed by atoms with Gasteiger partial charge in [0.1, 0.15) is 0 Å². The molecule has 84 valence electrons. The molecule has 0 unspecified atom stereocenters. The van der Waals surface area contributed by atoms with Crippen LogP contribution in [0, 0.1) is 0 Å². The second kappa shape index (κ2) is 4.34. The van der Waals surface area contributed by atoms with Crippen LogP contribution in [0.5, 0.6) is 0 Å². The lowest BCUT2D eigenvalue weighted by molar-refractivity contribution is -0.154. The van der Waals surface area contributed by atoms with Crippen LogP contribution in [0.3, 0.4) is 0 Å². The van der Waals surface area contributed by atoms with E-state index in [9.17, 15) is 22.0 Å². The first-order chi connectivity index (χ1) is 6.82. The van der Waals surface area contributed by atoms with Crippen molar-refractivity contribution in [3.63, 3.8) is 0 Å². The molecule has 7 heteroatoms. The Morgan fingerprint density at radius 1 is 1.07 bits per heavy atom. The minimum absolute atomic E-state index is 0.516. The van der Waals surface area contributed by atoms with Gasteiger partial charge in [-0.3, -0.25) is 0 Å². The van der Waals surface area contributed by atoms with Crippen LogP contribution >= 0.6 is 15.9 Å². The molecule has 0 aliphatic carbocycles. The first kappa shape index (κ1) is 12.2. The smallest absolute Gasteiger partial charge is 0.226 e. The highest BCUT2D eigenvalue weighted by molar-refractivity contribution is 9.10. The van der Waals surface area contributed by atoms with E-state index in [1.807, 2.05) is 0 Å². The second-order valence-electron chi connectivity index (χ2n) is 2.59. The summed E-state index contributed by atoms with van der Waals surface area (Å²) in [6.45, 7) is -3.62. The Labute approximate surface area is 90.6 Å². The first-order valence-electron chi connectivity index (χ1n) is 3.72. The van der Waals surface area contributed by atoms with Gasteiger partial charge < -0.3 is 0 Å². The van der Waals surface area contributed by atoms with Gasteiger partial charge in [0.15, 0.2) is 0 Å². The molecule has 1 aromatic rings. The summed E-state index contributed by atoms with van der Waals surface area (Å²) in [6, 6.07) is 4.44. The minimum atomic E-state index is -5.10. The van der Waals surface area contributed by atoms with Gasteiger partial charge >= 0.3 is 12.8 Å². The van der Waals surface area contributed by atoms with Gasteiger partial charge in [-0.1, -0.05) is 15.9 Å². The van der Waals surface area contributed by atoms with Crippen molar-refractivity contribution in [1.29, 1.82) is 0 Å². The summed E-state index contributed by atoms with van der Waals surface area (Å²) in [7, 11) is 0. The van der Waals surface area contributed by atoms with Crippen LogP contribution in [-0.4, -0.2) is 12.8 Å². The zero-order valence-corrected chi connectivity index (χ0v) is 8.69. The van der Waals surface area contributed by atoms with Crippen LogP contribution < -0.4 is 4.90 Å². The fourth-order valence-electron chi connectivity index (χ4n) is 0.971. The lowest BCUT2D eigenvalue weighted by Gasteiger charge is -2.25. The second-order valence-corrected chi connectivity index (χ2v) is 3.51. The molecule has 0 aromatic heterocycles. The summed E-state index contributed by atoms with van der Waals surface area (Å²) < 4.78 is 61.4. The third-order valence-corrected chi connectivity index (χ3v) is 2.10. The molecular formula is C8H5BrF5N. The Morgan fingerprint density at radius 2 is 1.53 bits per heavy atom. The van der Waals surface area contributed by atoms with Crippen molar-refractivity contribution >= 4 is 21.6 Å². The molecule has 0 amide bonds. The van der Waals surface area contributed by atoms with Crippen LogP contribution in [-0.2, 0) is 0 Å². The molecule has 0 saturated carbocycles. The molecule has 0 aliphatic heterocycles. The van der Waals surface area contributed by atoms with Crippen molar-refractivity contribution in [2.75, 3.05) is 4.90 Å². The number of halogens is 6. The standard InChI is InChI=1S/C8H5BrF5N/c9-5-1-3-6(4-2-5)15(7(10)11)8(12,13)14/h1-4,7H. The molecule has 0 fully saturated rings. The van der Waals surface area contributed by atoms with E-state index in [0.29, 0.717) is 4.47 Å². The lowest BCUT2D eigenvalue weighted by atomic mass is 10.3. The number of benzene rings is 1. The Morgan fingerprint density at radius 3 is 1.87 bits per heavy atom. The Balaban J connectivity index is 3.05. The van der Waals surface area contributed by atoms with E-state index < -0.39 is 23.4 Å². The van der Waals surface area contributed by atoms with Gasteiger partial charge in [0.2, 0.25) is 0 Å². The highest BCUT2D eigenvalue weighted by atomic mass is 79.9. The van der Waals surface area contributed by atoms with Crippen LogP contribution in [0.4, 0.5) is 27.6 Å². The molecular weight excluding hydrogens is 285 g/mol. The summed E-state index contributed by atoms with van der Waals surface area (Å²) in [5.41, 5.74) is -0.597. The highest BCUT2D eigenvalue weighted by Gasteiger charge is 2.42. The fourth-order valence-corrected chi connectivity index (χ4v) is 1.24. The van der Waals surface area contributed by atoms with E-state index in [1.165, 1.54) is 12.1 Å². The Hall–Kier alpha value is -0.850. The SMILES string of the molecule is FC(F)N(c1ccc(Br)cc1)C(F)(F)F. The predicted octanol–water partition coefficient (Wildman–Crippen LogP) is 4.00. The topological polar surface area (TPSA) is 3.24 Å². The normalized spacial score (nSPS) is 11.9. The average Bonchev–Trinajstić information content (AvgIpc) is 2.05. The summed E-state index contributed by atoms with van der Waals surface area (Å²) in [5, 5.41) is 0. The van der Waals surface area contributed by atoms with E-state index in [4.69, 9.17) is 0 Å². The summed E-state index contributed by atoms with van der Waals surface area (Å²) in [6.07, 6.45) is -5.10. The molecule has 0 radical (unpaired) electrons. The van der Waals surface area contributed by atoms with Crippen LogP contribution in [0.15, 0.2) is 28.7 Å². The zero-order valence-electron chi connectivity index (χ0n) is 7.10. The van der Waals surface area contributed by atoms with Gasteiger partial charge in [0, 0.05) is 10.2 Å². The first-order valence-corrected chi connectivity index (χ1v) is 4.51. The molecule has 15 heavy (non-hydrogen) atoms. The number of nitrogens with zero attached hydrogens (tertiary/aromatic N) is 1. The number of anilines is 1. The van der Waals surface area contributed by atoms with Crippen molar-refractivity contribution in [3.8, 4) is 0 Å². The predicted molar refractivity (Wildman–Crippen MR) is 48.7 cm³/mol. The molecule has 0 saturated heterocycles. The van der Waals surface area contributed by atoms with E-state index in [1.54, 1.807) is 0 Å². The zero-order chi connectivity index (χ0) is 11.6. The minimum Gasteiger partial charge on any atom is -0.226 e. The lowest BCUT2D eigenvalue weighted by Crippen LogP contribution is -2.41. The molecule has 1 aromatic carbocycles. The maximum Gasteiger partial charge on any atom is 0.489 e. The van der Waals surface area contributed by atoms with Crippen molar-refractivity contribution in [2.45, 2.75) is 12.8 Å². The van der Waals surface area contributed by atoms with Gasteiger partial charge in [-0.2, -0.15) is 8.78 Å². The number of hydrogen-bond donors (Lipinski definition) is 0. The summed E-state index contributed by atoms with van der Waals surface area (Å²) in [5.74, 6) is 0. The van der Waals surface area contributed by atoms with E-state index in [-0.39, 0.29) is 0 Å². The monoisotopic (exact) mass is 289 g/mol. The summed E-state index contributed by atoms with van der Waals surface area (Å²) in [4.78, 5) is -0.903. The molecule has 0 heterocycles. The van der Waals surface area contributed by atoms with Gasteiger partial charge in [0.05, 0.1) is 0 Å². The molecule has 0 spiro atoms. The summed E-state index contributed by atoms with van der Waals surface area (Å²) >= 11 is 2.99. The molecule has 0 bridgehead atoms. The quantitative estimate of drug-likeness (QED) is 0.588. The largest absolute Gasteiger partial charge is 0.489 e. The highest BCUT2D eigenvalue weighted by Crippen LogP contribution is 2.32. The number of rotatable bonds is 2. The maximum atomic E-state index is 12.2. The molecule has 0 aliphatic rings. The van der Waals surface area contributed by atoms with Crippen molar-refractivity contribution in [3.05, 3.63) is 28.7 Å². The molecule has 1 rings (SSSR count). The van der Waals surface area contributed by atoms with Crippen molar-refractivity contribution in [2.24, 2.45) is 0 Å². The number of alkyl halides is 5. The van der Waals surface area contributed by atoms with E-state index in [0.717, 1.165) is 12.1 Å². The maximum absolute atomic E-state index is 12.2. The van der Waals surface area contributed by atoms with Crippen LogP contribution in [0.2, 0.25) is 0 Å². The van der Waals surface area contributed by atoms with E-state index in [2.05, 4.69) is 15.9 Å². The molecule has 0 N–H and O–H groups in total. The fraction of sp³-hybridized carbons (Fsp3) is 0.250. The molecule has 0 atom stereocenters. The third-order valence-electron chi connectivity index (χ3n) is 1.57. The Kier molecular flexibility index (Phi) is 3.54. The molecule has 1 nitrogen and oxygen atoms in total. The van der Waals surface area contributed by atoms with E-state index >= 15 is 0 Å². The van der Waals surface area contributed by atoms with Gasteiger partial charge in [-0.25, -0.2) is 4.90 Å². The van der Waals surface area contributed by atoms with Gasteiger partial charge in [-0.05, 0) is 24.3 Å². The van der Waals surface area contributed by atoms with Crippen LogP contribution in [0.1, 0.15) is 0 Å². The van der Waals surface area contributed by atoms with Gasteiger partial charge in [-0.15, -0.1) is 13.2 Å². The van der Waals surface area contributed by atoms with Crippen LogP contribution in [0.25, 0.3) is 0 Å².